The van der Waals surface area contributed by atoms with Gasteiger partial charge in [-0.05, 0) is 18.2 Å². The fourth-order valence-corrected chi connectivity index (χ4v) is 1.44. The van der Waals surface area contributed by atoms with Crippen molar-refractivity contribution in [1.29, 1.82) is 0 Å². The zero-order valence-electron chi connectivity index (χ0n) is 9.34. The SMILES string of the molecule is Nc1ccc(C(=O)OCc2ccncc2Cl)nc1. The van der Waals surface area contributed by atoms with Crippen molar-refractivity contribution < 1.29 is 9.53 Å². The number of hydrogen-bond acceptors (Lipinski definition) is 5. The van der Waals surface area contributed by atoms with Gasteiger partial charge in [0.1, 0.15) is 12.3 Å². The van der Waals surface area contributed by atoms with Gasteiger partial charge in [-0.15, -0.1) is 0 Å². The van der Waals surface area contributed by atoms with Crippen LogP contribution in [0.2, 0.25) is 5.02 Å². The Morgan fingerprint density at radius 1 is 1.33 bits per heavy atom. The second kappa shape index (κ2) is 5.46. The summed E-state index contributed by atoms with van der Waals surface area (Å²) in [6.07, 6.45) is 4.47. The van der Waals surface area contributed by atoms with Gasteiger partial charge in [0.05, 0.1) is 16.9 Å². The van der Waals surface area contributed by atoms with E-state index in [0.29, 0.717) is 16.3 Å². The highest BCUT2D eigenvalue weighted by Gasteiger charge is 2.09. The topological polar surface area (TPSA) is 78.1 Å². The van der Waals surface area contributed by atoms with Crippen LogP contribution < -0.4 is 5.73 Å². The fourth-order valence-electron chi connectivity index (χ4n) is 1.26. The molecule has 0 bridgehead atoms. The van der Waals surface area contributed by atoms with E-state index in [1.54, 1.807) is 18.3 Å². The molecular formula is C12H10ClN3O2. The number of ether oxygens (including phenoxy) is 1. The van der Waals surface area contributed by atoms with Crippen LogP contribution in [-0.4, -0.2) is 15.9 Å². The second-order valence-electron chi connectivity index (χ2n) is 3.52. The number of nitrogen functional groups attached to an aromatic ring is 1. The molecule has 0 aliphatic heterocycles. The lowest BCUT2D eigenvalue weighted by Gasteiger charge is -2.05. The zero-order valence-corrected chi connectivity index (χ0v) is 10.1. The highest BCUT2D eigenvalue weighted by molar-refractivity contribution is 6.31. The molecule has 0 unspecified atom stereocenters. The van der Waals surface area contributed by atoms with Gasteiger partial charge in [0, 0.05) is 18.0 Å². The smallest absolute Gasteiger partial charge is 0.357 e. The fraction of sp³-hybridized carbons (Fsp3) is 0.0833. The lowest BCUT2D eigenvalue weighted by molar-refractivity contribution is 0.0466. The minimum Gasteiger partial charge on any atom is -0.456 e. The molecule has 0 aromatic carbocycles. The summed E-state index contributed by atoms with van der Waals surface area (Å²) in [4.78, 5) is 19.4. The first-order chi connectivity index (χ1) is 8.66. The number of rotatable bonds is 3. The Morgan fingerprint density at radius 2 is 2.17 bits per heavy atom. The van der Waals surface area contributed by atoms with Gasteiger partial charge in [-0.3, -0.25) is 4.98 Å². The number of pyridine rings is 2. The van der Waals surface area contributed by atoms with E-state index in [9.17, 15) is 4.79 Å². The Labute approximate surface area is 109 Å². The summed E-state index contributed by atoms with van der Waals surface area (Å²) in [5, 5.41) is 0.454. The van der Waals surface area contributed by atoms with E-state index in [-0.39, 0.29) is 12.3 Å². The summed E-state index contributed by atoms with van der Waals surface area (Å²) >= 11 is 5.89. The Morgan fingerprint density at radius 3 is 2.83 bits per heavy atom. The van der Waals surface area contributed by atoms with Crippen LogP contribution in [0, 0.1) is 0 Å². The van der Waals surface area contributed by atoms with E-state index < -0.39 is 5.97 Å². The molecule has 92 valence electrons. The molecule has 2 heterocycles. The molecule has 0 aliphatic rings. The summed E-state index contributed by atoms with van der Waals surface area (Å²) < 4.78 is 5.08. The van der Waals surface area contributed by atoms with Gasteiger partial charge in [0.15, 0.2) is 0 Å². The number of esters is 1. The van der Waals surface area contributed by atoms with Gasteiger partial charge < -0.3 is 10.5 Å². The molecule has 0 radical (unpaired) electrons. The Balaban J connectivity index is 2.01. The first kappa shape index (κ1) is 12.3. The predicted octanol–water partition coefficient (Wildman–Crippen LogP) is 2.07. The second-order valence-corrected chi connectivity index (χ2v) is 3.93. The third kappa shape index (κ3) is 2.95. The van der Waals surface area contributed by atoms with Crippen LogP contribution in [0.4, 0.5) is 5.69 Å². The number of halogens is 1. The van der Waals surface area contributed by atoms with Gasteiger partial charge in [0.2, 0.25) is 0 Å². The third-order valence-corrected chi connectivity index (χ3v) is 2.55. The van der Waals surface area contributed by atoms with Crippen LogP contribution >= 0.6 is 11.6 Å². The maximum absolute atomic E-state index is 11.7. The van der Waals surface area contributed by atoms with E-state index in [4.69, 9.17) is 22.1 Å². The van der Waals surface area contributed by atoms with E-state index in [0.717, 1.165) is 0 Å². The highest BCUT2D eigenvalue weighted by Crippen LogP contribution is 2.15. The summed E-state index contributed by atoms with van der Waals surface area (Å²) in [5.74, 6) is -0.525. The average Bonchev–Trinajstić information content (AvgIpc) is 2.38. The molecular weight excluding hydrogens is 254 g/mol. The van der Waals surface area contributed by atoms with Crippen molar-refractivity contribution in [2.75, 3.05) is 5.73 Å². The lowest BCUT2D eigenvalue weighted by Crippen LogP contribution is -2.07. The number of carbonyl (C=O) groups is 1. The van der Waals surface area contributed by atoms with E-state index in [1.165, 1.54) is 18.5 Å². The maximum Gasteiger partial charge on any atom is 0.357 e. The van der Waals surface area contributed by atoms with Crippen molar-refractivity contribution in [2.45, 2.75) is 6.61 Å². The van der Waals surface area contributed by atoms with Gasteiger partial charge in [-0.1, -0.05) is 11.6 Å². The minimum atomic E-state index is -0.525. The molecule has 0 atom stereocenters. The van der Waals surface area contributed by atoms with Crippen LogP contribution in [0.25, 0.3) is 0 Å². The van der Waals surface area contributed by atoms with Gasteiger partial charge >= 0.3 is 5.97 Å². The van der Waals surface area contributed by atoms with Gasteiger partial charge in [-0.2, -0.15) is 0 Å². The van der Waals surface area contributed by atoms with Crippen LogP contribution in [0.15, 0.2) is 36.8 Å². The monoisotopic (exact) mass is 263 g/mol. The van der Waals surface area contributed by atoms with Crippen molar-refractivity contribution in [3.05, 3.63) is 53.1 Å². The lowest BCUT2D eigenvalue weighted by atomic mass is 10.3. The molecule has 0 spiro atoms. The van der Waals surface area contributed by atoms with Crippen LogP contribution in [0.3, 0.4) is 0 Å². The Hall–Kier alpha value is -2.14. The largest absolute Gasteiger partial charge is 0.456 e. The molecule has 2 aromatic heterocycles. The number of carbonyl (C=O) groups excluding carboxylic acids is 1. The number of hydrogen-bond donors (Lipinski definition) is 1. The molecule has 6 heteroatoms. The molecule has 2 N–H and O–H groups in total. The summed E-state index contributed by atoms with van der Waals surface area (Å²) in [7, 11) is 0. The quantitative estimate of drug-likeness (QED) is 0.858. The van der Waals surface area contributed by atoms with Gasteiger partial charge in [-0.25, -0.2) is 9.78 Å². The zero-order chi connectivity index (χ0) is 13.0. The predicted molar refractivity (Wildman–Crippen MR) is 67.0 cm³/mol. The standard InChI is InChI=1S/C12H10ClN3O2/c13-10-6-15-4-3-8(10)7-18-12(17)11-2-1-9(14)5-16-11/h1-6H,7,14H2. The summed E-state index contributed by atoms with van der Waals surface area (Å²) in [6.45, 7) is 0.0756. The molecule has 5 nitrogen and oxygen atoms in total. The van der Waals surface area contributed by atoms with E-state index >= 15 is 0 Å². The maximum atomic E-state index is 11.7. The molecule has 2 rings (SSSR count). The van der Waals surface area contributed by atoms with Crippen molar-refractivity contribution >= 4 is 23.3 Å². The number of anilines is 1. The number of nitrogens with zero attached hydrogens (tertiary/aromatic N) is 2. The molecule has 0 amide bonds. The van der Waals surface area contributed by atoms with Crippen molar-refractivity contribution in [3.63, 3.8) is 0 Å². The number of nitrogens with two attached hydrogens (primary N) is 1. The Kier molecular flexibility index (Phi) is 3.74. The van der Waals surface area contributed by atoms with Crippen LogP contribution in [0.5, 0.6) is 0 Å². The van der Waals surface area contributed by atoms with Crippen LogP contribution in [0.1, 0.15) is 16.1 Å². The summed E-state index contributed by atoms with van der Waals surface area (Å²) in [5.41, 5.74) is 6.86. The van der Waals surface area contributed by atoms with Crippen LogP contribution in [-0.2, 0) is 11.3 Å². The van der Waals surface area contributed by atoms with Crippen molar-refractivity contribution in [3.8, 4) is 0 Å². The molecule has 0 saturated heterocycles. The number of aromatic nitrogens is 2. The summed E-state index contributed by atoms with van der Waals surface area (Å²) in [6, 6.07) is 4.78. The molecule has 18 heavy (non-hydrogen) atoms. The normalized spacial score (nSPS) is 10.1. The molecule has 0 aliphatic carbocycles. The minimum absolute atomic E-state index is 0.0756. The third-order valence-electron chi connectivity index (χ3n) is 2.21. The van der Waals surface area contributed by atoms with Crippen molar-refractivity contribution in [1.82, 2.24) is 9.97 Å². The molecule has 0 saturated carbocycles. The first-order valence-electron chi connectivity index (χ1n) is 5.14. The first-order valence-corrected chi connectivity index (χ1v) is 5.51. The molecule has 2 aromatic rings. The van der Waals surface area contributed by atoms with E-state index in [2.05, 4.69) is 9.97 Å². The Bertz CT molecular complexity index is 558. The van der Waals surface area contributed by atoms with Gasteiger partial charge in [0.25, 0.3) is 0 Å². The van der Waals surface area contributed by atoms with Crippen molar-refractivity contribution in [2.24, 2.45) is 0 Å². The molecule has 0 fully saturated rings. The average molecular weight is 264 g/mol. The van der Waals surface area contributed by atoms with E-state index in [1.807, 2.05) is 0 Å². The highest BCUT2D eigenvalue weighted by atomic mass is 35.5.